The number of rotatable bonds is 0. The van der Waals surface area contributed by atoms with Crippen molar-refractivity contribution in [3.63, 3.8) is 0 Å². The zero-order chi connectivity index (χ0) is 17.2. The highest BCUT2D eigenvalue weighted by atomic mass is 16.6. The van der Waals surface area contributed by atoms with E-state index in [0.29, 0.717) is 29.1 Å². The molecule has 0 aromatic heterocycles. The molecule has 1 aliphatic carbocycles. The van der Waals surface area contributed by atoms with Crippen molar-refractivity contribution in [1.29, 1.82) is 0 Å². The highest BCUT2D eigenvalue weighted by Gasteiger charge is 2.57. The Morgan fingerprint density at radius 2 is 1.92 bits per heavy atom. The third-order valence-electron chi connectivity index (χ3n) is 5.08. The molecule has 0 saturated carbocycles. The van der Waals surface area contributed by atoms with E-state index < -0.39 is 5.60 Å². The fourth-order valence-corrected chi connectivity index (χ4v) is 4.04. The van der Waals surface area contributed by atoms with Gasteiger partial charge in [-0.05, 0) is 30.7 Å². The van der Waals surface area contributed by atoms with Crippen LogP contribution in [0.25, 0.3) is 0 Å². The van der Waals surface area contributed by atoms with Gasteiger partial charge in [-0.3, -0.25) is 0 Å². The van der Waals surface area contributed by atoms with E-state index in [-0.39, 0.29) is 23.4 Å². The molecule has 5 heteroatoms. The summed E-state index contributed by atoms with van der Waals surface area (Å²) in [4.78, 5) is 12.6. The van der Waals surface area contributed by atoms with Crippen molar-refractivity contribution in [3.05, 3.63) is 82.8 Å². The van der Waals surface area contributed by atoms with E-state index in [4.69, 9.17) is 9.47 Å². The predicted octanol–water partition coefficient (Wildman–Crippen LogP) is 3.54. The third kappa shape index (κ3) is 1.75. The van der Waals surface area contributed by atoms with Crippen molar-refractivity contribution in [2.24, 2.45) is 5.92 Å². The Labute approximate surface area is 143 Å². The fourth-order valence-electron chi connectivity index (χ4n) is 4.04. The van der Waals surface area contributed by atoms with Crippen molar-refractivity contribution >= 4 is 5.97 Å². The number of carbonyl (C=O) groups excluding carboxylic acids is 1. The molecule has 2 N–H and O–H groups in total. The molecule has 1 spiro atoms. The van der Waals surface area contributed by atoms with Gasteiger partial charge in [-0.2, -0.15) is 0 Å². The number of fused-ring (bicyclic) bond motifs is 6. The minimum absolute atomic E-state index is 0.0566. The second-order valence-electron chi connectivity index (χ2n) is 6.42. The van der Waals surface area contributed by atoms with Gasteiger partial charge in [0.25, 0.3) is 0 Å². The fraction of sp³-hybridized carbons (Fsp3) is 0.150. The molecule has 2 unspecified atom stereocenters. The lowest BCUT2D eigenvalue weighted by Crippen LogP contribution is -2.43. The molecule has 3 aliphatic rings. The summed E-state index contributed by atoms with van der Waals surface area (Å²) in [6.45, 7) is 0. The Morgan fingerprint density at radius 3 is 2.80 bits per heavy atom. The molecule has 0 radical (unpaired) electrons. The summed E-state index contributed by atoms with van der Waals surface area (Å²) in [5, 5.41) is 19.7. The smallest absolute Gasteiger partial charge is 0.339 e. The molecule has 0 amide bonds. The maximum Gasteiger partial charge on any atom is 0.339 e. The van der Waals surface area contributed by atoms with E-state index in [1.165, 1.54) is 12.1 Å². The highest BCUT2D eigenvalue weighted by molar-refractivity contribution is 5.96. The highest BCUT2D eigenvalue weighted by Crippen LogP contribution is 2.57. The summed E-state index contributed by atoms with van der Waals surface area (Å²) >= 11 is 0. The molecular formula is C20H14O5. The number of allylic oxidation sites excluding steroid dienone is 2. The largest absolute Gasteiger partial charge is 0.508 e. The molecule has 0 bridgehead atoms. The van der Waals surface area contributed by atoms with Gasteiger partial charge in [-0.15, -0.1) is 0 Å². The van der Waals surface area contributed by atoms with Crippen LogP contribution in [0.5, 0.6) is 11.5 Å². The number of ether oxygens (including phenoxy) is 2. The Bertz CT molecular complexity index is 987. The number of carbonyl (C=O) groups is 1. The van der Waals surface area contributed by atoms with Gasteiger partial charge >= 0.3 is 5.97 Å². The van der Waals surface area contributed by atoms with Crippen molar-refractivity contribution < 1.29 is 24.5 Å². The van der Waals surface area contributed by atoms with E-state index in [1.807, 2.05) is 12.1 Å². The first-order valence-electron chi connectivity index (χ1n) is 8.04. The molecule has 2 atom stereocenters. The minimum Gasteiger partial charge on any atom is -0.508 e. The van der Waals surface area contributed by atoms with E-state index >= 15 is 0 Å². The monoisotopic (exact) mass is 334 g/mol. The van der Waals surface area contributed by atoms with E-state index in [9.17, 15) is 15.0 Å². The van der Waals surface area contributed by atoms with Gasteiger partial charge in [0.1, 0.15) is 23.0 Å². The summed E-state index contributed by atoms with van der Waals surface area (Å²) < 4.78 is 11.9. The van der Waals surface area contributed by atoms with Crippen LogP contribution in [0.1, 0.15) is 27.9 Å². The van der Waals surface area contributed by atoms with Crippen molar-refractivity contribution in [1.82, 2.24) is 0 Å². The Hall–Kier alpha value is -3.21. The number of phenols is 1. The number of phenolic OH excluding ortho intramolecular Hbond substituents is 1. The van der Waals surface area contributed by atoms with E-state index in [0.717, 1.165) is 5.56 Å². The number of hydrogen-bond acceptors (Lipinski definition) is 5. The minimum atomic E-state index is -1.03. The van der Waals surface area contributed by atoms with Gasteiger partial charge < -0.3 is 19.7 Å². The van der Waals surface area contributed by atoms with Crippen molar-refractivity contribution in [2.45, 2.75) is 12.0 Å². The van der Waals surface area contributed by atoms with Crippen LogP contribution < -0.4 is 4.74 Å². The normalized spacial score (nSPS) is 25.9. The van der Waals surface area contributed by atoms with Gasteiger partial charge in [0.05, 0.1) is 11.5 Å². The lowest BCUT2D eigenvalue weighted by Gasteiger charge is -2.43. The van der Waals surface area contributed by atoms with Crippen LogP contribution in [0.4, 0.5) is 0 Å². The maximum absolute atomic E-state index is 12.6. The van der Waals surface area contributed by atoms with Gasteiger partial charge in [0.15, 0.2) is 5.60 Å². The first-order chi connectivity index (χ1) is 12.1. The molecule has 0 fully saturated rings. The SMILES string of the molecule is O=C1OC2(c3ccc(O)cc3OC3=CC(O)=CCC32)c2ccccc21. The van der Waals surface area contributed by atoms with E-state index in [1.54, 1.807) is 30.3 Å². The van der Waals surface area contributed by atoms with Crippen LogP contribution in [-0.4, -0.2) is 16.2 Å². The van der Waals surface area contributed by atoms with Crippen LogP contribution in [0.15, 0.2) is 66.1 Å². The predicted molar refractivity (Wildman–Crippen MR) is 88.3 cm³/mol. The molecule has 2 aromatic carbocycles. The quantitative estimate of drug-likeness (QED) is 0.721. The van der Waals surface area contributed by atoms with Gasteiger partial charge in [-0.1, -0.05) is 18.2 Å². The zero-order valence-corrected chi connectivity index (χ0v) is 13.1. The Balaban J connectivity index is 1.84. The van der Waals surface area contributed by atoms with Crippen molar-refractivity contribution in [2.75, 3.05) is 0 Å². The summed E-state index contributed by atoms with van der Waals surface area (Å²) in [6, 6.07) is 12.1. The Kier molecular flexibility index (Phi) is 2.64. The average Bonchev–Trinajstić information content (AvgIpc) is 2.88. The molecular weight excluding hydrogens is 320 g/mol. The number of aliphatic hydroxyl groups is 1. The summed E-state index contributed by atoms with van der Waals surface area (Å²) in [5.41, 5.74) is 0.973. The second kappa shape index (κ2) is 4.66. The standard InChI is InChI=1S/C20H14O5/c21-11-5-7-15-17(9-11)24-18-10-12(22)6-8-16(18)20(15)14-4-2-1-3-13(14)19(23)25-20/h1-7,9-10,16,21-22H,8H2. The van der Waals surface area contributed by atoms with Gasteiger partial charge in [0.2, 0.25) is 0 Å². The second-order valence-corrected chi connectivity index (χ2v) is 6.42. The molecule has 2 aliphatic heterocycles. The molecule has 5 rings (SSSR count). The lowest BCUT2D eigenvalue weighted by atomic mass is 9.70. The first-order valence-corrected chi connectivity index (χ1v) is 8.04. The molecule has 25 heavy (non-hydrogen) atoms. The van der Waals surface area contributed by atoms with Crippen LogP contribution >= 0.6 is 0 Å². The number of benzene rings is 2. The number of aliphatic hydroxyl groups excluding tert-OH is 1. The van der Waals surface area contributed by atoms with Gasteiger partial charge in [-0.25, -0.2) is 4.79 Å². The number of esters is 1. The van der Waals surface area contributed by atoms with Crippen LogP contribution in [0.3, 0.4) is 0 Å². The van der Waals surface area contributed by atoms with Crippen LogP contribution in [0, 0.1) is 5.92 Å². The lowest BCUT2D eigenvalue weighted by molar-refractivity contribution is -0.0253. The van der Waals surface area contributed by atoms with Crippen LogP contribution in [0.2, 0.25) is 0 Å². The topological polar surface area (TPSA) is 76.0 Å². The summed E-state index contributed by atoms with van der Waals surface area (Å²) in [6.07, 6.45) is 3.71. The maximum atomic E-state index is 12.6. The number of hydrogen-bond donors (Lipinski definition) is 2. The zero-order valence-electron chi connectivity index (χ0n) is 13.1. The molecule has 5 nitrogen and oxygen atoms in total. The first kappa shape index (κ1) is 14.2. The molecule has 2 heterocycles. The third-order valence-corrected chi connectivity index (χ3v) is 5.08. The van der Waals surface area contributed by atoms with E-state index in [2.05, 4.69) is 0 Å². The number of aromatic hydroxyl groups is 1. The van der Waals surface area contributed by atoms with Crippen LogP contribution in [-0.2, 0) is 10.3 Å². The average molecular weight is 334 g/mol. The summed E-state index contributed by atoms with van der Waals surface area (Å²) in [7, 11) is 0. The Morgan fingerprint density at radius 1 is 1.08 bits per heavy atom. The molecule has 2 aromatic rings. The van der Waals surface area contributed by atoms with Gasteiger partial charge in [0, 0.05) is 23.3 Å². The molecule has 124 valence electrons. The summed E-state index contributed by atoms with van der Waals surface area (Å²) in [5.74, 6) is 0.441. The molecule has 0 saturated heterocycles. The van der Waals surface area contributed by atoms with Crippen molar-refractivity contribution in [3.8, 4) is 11.5 Å².